The molecule has 122 valence electrons. The molecule has 2 N–H and O–H groups in total. The Morgan fingerprint density at radius 1 is 1.30 bits per heavy atom. The van der Waals surface area contributed by atoms with E-state index in [1.54, 1.807) is 29.2 Å². The van der Waals surface area contributed by atoms with Crippen LogP contribution in [0.1, 0.15) is 36.5 Å². The minimum atomic E-state index is -0.461. The number of hydrogen-bond acceptors (Lipinski definition) is 3. The van der Waals surface area contributed by atoms with Crippen molar-refractivity contribution in [1.29, 1.82) is 0 Å². The Morgan fingerprint density at radius 2 is 2.04 bits per heavy atom. The number of amides is 3. The molecule has 0 bridgehead atoms. The second kappa shape index (κ2) is 6.40. The van der Waals surface area contributed by atoms with Crippen molar-refractivity contribution in [2.75, 3.05) is 6.54 Å². The van der Waals surface area contributed by atoms with Crippen LogP contribution in [-0.4, -0.2) is 47.3 Å². The summed E-state index contributed by atoms with van der Waals surface area (Å²) in [5.74, 6) is -0.319. The zero-order valence-electron chi connectivity index (χ0n) is 13.1. The molecule has 23 heavy (non-hydrogen) atoms. The smallest absolute Gasteiger partial charge is 0.251 e. The van der Waals surface area contributed by atoms with Crippen molar-refractivity contribution in [3.63, 3.8) is 0 Å². The van der Waals surface area contributed by atoms with Crippen molar-refractivity contribution in [1.82, 2.24) is 15.5 Å². The Balaban J connectivity index is 1.66. The molecule has 3 rings (SSSR count). The van der Waals surface area contributed by atoms with E-state index in [4.69, 9.17) is 0 Å². The second-order valence-electron chi connectivity index (χ2n) is 6.13. The normalized spacial score (nSPS) is 26.7. The molecule has 2 aliphatic rings. The summed E-state index contributed by atoms with van der Waals surface area (Å²) < 4.78 is 0. The third kappa shape index (κ3) is 3.06. The lowest BCUT2D eigenvalue weighted by atomic mass is 10.0. The van der Waals surface area contributed by atoms with Crippen LogP contribution in [0.15, 0.2) is 30.3 Å². The molecule has 1 aromatic rings. The molecule has 1 aromatic carbocycles. The first kappa shape index (κ1) is 15.5. The summed E-state index contributed by atoms with van der Waals surface area (Å²) in [6.07, 6.45) is 1.95. The Bertz CT molecular complexity index is 617. The fourth-order valence-corrected chi connectivity index (χ4v) is 3.31. The quantitative estimate of drug-likeness (QED) is 0.858. The van der Waals surface area contributed by atoms with Crippen molar-refractivity contribution in [3.8, 4) is 0 Å². The number of benzene rings is 1. The van der Waals surface area contributed by atoms with E-state index < -0.39 is 12.1 Å². The molecule has 2 fully saturated rings. The fraction of sp³-hybridized carbons (Fsp3) is 0.471. The average molecular weight is 315 g/mol. The molecule has 6 nitrogen and oxygen atoms in total. The summed E-state index contributed by atoms with van der Waals surface area (Å²) >= 11 is 0. The van der Waals surface area contributed by atoms with Gasteiger partial charge in [-0.25, -0.2) is 0 Å². The maximum absolute atomic E-state index is 12.4. The van der Waals surface area contributed by atoms with E-state index in [1.165, 1.54) is 0 Å². The van der Waals surface area contributed by atoms with E-state index in [2.05, 4.69) is 10.6 Å². The Kier molecular flexibility index (Phi) is 4.32. The van der Waals surface area contributed by atoms with Gasteiger partial charge in [-0.05, 0) is 25.0 Å². The first-order valence-corrected chi connectivity index (χ1v) is 8.07. The predicted molar refractivity (Wildman–Crippen MR) is 84.7 cm³/mol. The average Bonchev–Trinajstić information content (AvgIpc) is 2.98. The van der Waals surface area contributed by atoms with Gasteiger partial charge in [0.05, 0.1) is 0 Å². The van der Waals surface area contributed by atoms with Crippen LogP contribution in [0, 0.1) is 0 Å². The van der Waals surface area contributed by atoms with Gasteiger partial charge >= 0.3 is 0 Å². The summed E-state index contributed by atoms with van der Waals surface area (Å²) in [5, 5.41) is 5.73. The van der Waals surface area contributed by atoms with Gasteiger partial charge in [0.15, 0.2) is 0 Å². The molecule has 0 aromatic heterocycles. The molecule has 3 amide bonds. The second-order valence-corrected chi connectivity index (χ2v) is 6.13. The SMILES string of the molecule is CCC[C@@H]1NC(=O)[C@@H]2C[C@H](NC(=O)c3ccccc3)CN2C1=O. The van der Waals surface area contributed by atoms with E-state index in [1.807, 2.05) is 13.0 Å². The molecule has 2 saturated heterocycles. The molecule has 0 aliphatic carbocycles. The van der Waals surface area contributed by atoms with Gasteiger partial charge in [0.2, 0.25) is 11.8 Å². The summed E-state index contributed by atoms with van der Waals surface area (Å²) in [7, 11) is 0. The fourth-order valence-electron chi connectivity index (χ4n) is 3.31. The molecule has 2 heterocycles. The number of hydrogen-bond donors (Lipinski definition) is 2. The van der Waals surface area contributed by atoms with Crippen LogP contribution < -0.4 is 10.6 Å². The monoisotopic (exact) mass is 315 g/mol. The molecule has 2 aliphatic heterocycles. The zero-order valence-corrected chi connectivity index (χ0v) is 13.1. The molecule has 0 unspecified atom stereocenters. The molecule has 0 saturated carbocycles. The number of carbonyl (C=O) groups excluding carboxylic acids is 3. The zero-order chi connectivity index (χ0) is 16.4. The summed E-state index contributed by atoms with van der Waals surface area (Å²) in [6, 6.07) is 7.87. The summed E-state index contributed by atoms with van der Waals surface area (Å²) in [6.45, 7) is 2.38. The van der Waals surface area contributed by atoms with E-state index in [-0.39, 0.29) is 23.8 Å². The van der Waals surface area contributed by atoms with Crippen molar-refractivity contribution < 1.29 is 14.4 Å². The lowest BCUT2D eigenvalue weighted by Gasteiger charge is -2.34. The van der Waals surface area contributed by atoms with Gasteiger partial charge in [0.1, 0.15) is 12.1 Å². The highest BCUT2D eigenvalue weighted by Gasteiger charge is 2.46. The van der Waals surface area contributed by atoms with Crippen LogP contribution in [0.4, 0.5) is 0 Å². The number of carbonyl (C=O) groups is 3. The lowest BCUT2D eigenvalue weighted by Crippen LogP contribution is -2.61. The van der Waals surface area contributed by atoms with Gasteiger partial charge in [0.25, 0.3) is 5.91 Å². The van der Waals surface area contributed by atoms with Crippen molar-refractivity contribution in [3.05, 3.63) is 35.9 Å². The third-order valence-corrected chi connectivity index (χ3v) is 4.45. The maximum Gasteiger partial charge on any atom is 0.251 e. The minimum absolute atomic E-state index is 0.0343. The maximum atomic E-state index is 12.4. The van der Waals surface area contributed by atoms with Crippen LogP contribution in [0.25, 0.3) is 0 Å². The Morgan fingerprint density at radius 3 is 2.74 bits per heavy atom. The number of piperazine rings is 1. The molecular formula is C17H21N3O3. The summed E-state index contributed by atoms with van der Waals surface area (Å²) in [4.78, 5) is 38.5. The van der Waals surface area contributed by atoms with Crippen LogP contribution in [0.5, 0.6) is 0 Å². The third-order valence-electron chi connectivity index (χ3n) is 4.45. The van der Waals surface area contributed by atoms with Gasteiger partial charge in [-0.1, -0.05) is 31.5 Å². The number of rotatable bonds is 4. The number of nitrogens with zero attached hydrogens (tertiary/aromatic N) is 1. The van der Waals surface area contributed by atoms with Crippen LogP contribution >= 0.6 is 0 Å². The predicted octanol–water partition coefficient (Wildman–Crippen LogP) is 0.684. The minimum Gasteiger partial charge on any atom is -0.347 e. The van der Waals surface area contributed by atoms with Crippen LogP contribution in [-0.2, 0) is 9.59 Å². The van der Waals surface area contributed by atoms with Crippen molar-refractivity contribution >= 4 is 17.7 Å². The Labute approximate surface area is 135 Å². The molecule has 0 spiro atoms. The topological polar surface area (TPSA) is 78.5 Å². The van der Waals surface area contributed by atoms with Gasteiger partial charge in [0, 0.05) is 18.2 Å². The number of fused-ring (bicyclic) bond motifs is 1. The molecule has 0 radical (unpaired) electrons. The van der Waals surface area contributed by atoms with Crippen molar-refractivity contribution in [2.24, 2.45) is 0 Å². The largest absolute Gasteiger partial charge is 0.347 e. The van der Waals surface area contributed by atoms with Gasteiger partial charge < -0.3 is 15.5 Å². The highest BCUT2D eigenvalue weighted by Crippen LogP contribution is 2.24. The number of nitrogens with one attached hydrogen (secondary N) is 2. The highest BCUT2D eigenvalue weighted by atomic mass is 16.2. The first-order valence-electron chi connectivity index (χ1n) is 8.07. The van der Waals surface area contributed by atoms with E-state index in [0.29, 0.717) is 24.9 Å². The van der Waals surface area contributed by atoms with Gasteiger partial charge in [-0.2, -0.15) is 0 Å². The standard InChI is InChI=1S/C17H21N3O3/c1-2-6-13-17(23)20-10-12(9-14(20)16(22)19-13)18-15(21)11-7-4-3-5-8-11/h3-5,7-8,12-14H,2,6,9-10H2,1H3,(H,18,21)(H,19,22)/t12-,13-,14-/m0/s1. The first-order chi connectivity index (χ1) is 11.1. The van der Waals surface area contributed by atoms with E-state index >= 15 is 0 Å². The molecular weight excluding hydrogens is 294 g/mol. The van der Waals surface area contributed by atoms with Gasteiger partial charge in [-0.15, -0.1) is 0 Å². The van der Waals surface area contributed by atoms with Crippen molar-refractivity contribution in [2.45, 2.75) is 44.3 Å². The van der Waals surface area contributed by atoms with Crippen LogP contribution in [0.2, 0.25) is 0 Å². The lowest BCUT2D eigenvalue weighted by molar-refractivity contribution is -0.147. The summed E-state index contributed by atoms with van der Waals surface area (Å²) in [5.41, 5.74) is 0.581. The van der Waals surface area contributed by atoms with Gasteiger partial charge in [-0.3, -0.25) is 14.4 Å². The Hall–Kier alpha value is -2.37. The van der Waals surface area contributed by atoms with E-state index in [9.17, 15) is 14.4 Å². The van der Waals surface area contributed by atoms with E-state index in [0.717, 1.165) is 6.42 Å². The molecule has 3 atom stereocenters. The van der Waals surface area contributed by atoms with Crippen LogP contribution in [0.3, 0.4) is 0 Å². The highest BCUT2D eigenvalue weighted by molar-refractivity contribution is 5.98. The molecule has 6 heteroatoms.